The first-order valence-corrected chi connectivity index (χ1v) is 13.7. The monoisotopic (exact) mass is 576 g/mol. The number of rotatable bonds is 13. The number of aromatic amines is 2. The largest absolute Gasteiger partial charge is 0.480 e. The van der Waals surface area contributed by atoms with Crippen LogP contribution in [0.1, 0.15) is 25.0 Å². The van der Waals surface area contributed by atoms with Crippen molar-refractivity contribution in [3.8, 4) is 0 Å². The van der Waals surface area contributed by atoms with Crippen LogP contribution in [0, 0.1) is 5.92 Å². The van der Waals surface area contributed by atoms with Gasteiger partial charge in [-0.3, -0.25) is 14.4 Å². The Labute approximate surface area is 242 Å². The smallest absolute Gasteiger partial charge is 0.326 e. The van der Waals surface area contributed by atoms with Crippen molar-refractivity contribution >= 4 is 45.5 Å². The second-order valence-electron chi connectivity index (χ2n) is 10.6. The van der Waals surface area contributed by atoms with Gasteiger partial charge in [-0.2, -0.15) is 0 Å². The van der Waals surface area contributed by atoms with Gasteiger partial charge in [0.15, 0.2) is 0 Å². The minimum atomic E-state index is -1.44. The van der Waals surface area contributed by atoms with E-state index >= 15 is 0 Å². The van der Waals surface area contributed by atoms with Gasteiger partial charge < -0.3 is 41.9 Å². The van der Waals surface area contributed by atoms with E-state index in [-0.39, 0.29) is 12.8 Å². The Kier molecular flexibility index (Phi) is 9.60. The minimum Gasteiger partial charge on any atom is -0.480 e. The molecule has 2 aromatic carbocycles. The molecule has 4 rings (SSSR count). The highest BCUT2D eigenvalue weighted by Crippen LogP contribution is 2.21. The molecule has 0 aliphatic heterocycles. The third-order valence-electron chi connectivity index (χ3n) is 7.23. The molecular formula is C30H36N6O6. The van der Waals surface area contributed by atoms with Crippen molar-refractivity contribution in [3.05, 3.63) is 72.1 Å². The lowest BCUT2D eigenvalue weighted by Crippen LogP contribution is -2.59. The van der Waals surface area contributed by atoms with Crippen LogP contribution in [0.2, 0.25) is 0 Å². The molecule has 0 spiro atoms. The maximum Gasteiger partial charge on any atom is 0.326 e. The van der Waals surface area contributed by atoms with Crippen LogP contribution in [0.5, 0.6) is 0 Å². The summed E-state index contributed by atoms with van der Waals surface area (Å²) >= 11 is 0. The average Bonchev–Trinajstić information content (AvgIpc) is 3.57. The van der Waals surface area contributed by atoms with Crippen molar-refractivity contribution < 1.29 is 29.4 Å². The molecule has 222 valence electrons. The molecule has 9 N–H and O–H groups in total. The second-order valence-corrected chi connectivity index (χ2v) is 10.6. The number of carboxylic acids is 1. The van der Waals surface area contributed by atoms with Crippen LogP contribution in [-0.4, -0.2) is 74.6 Å². The van der Waals surface area contributed by atoms with Crippen LogP contribution >= 0.6 is 0 Å². The third-order valence-corrected chi connectivity index (χ3v) is 7.23. The fourth-order valence-corrected chi connectivity index (χ4v) is 4.87. The maximum atomic E-state index is 13.5. The molecule has 0 saturated carbocycles. The summed E-state index contributed by atoms with van der Waals surface area (Å²) in [6.07, 6.45) is 3.80. The zero-order valence-electron chi connectivity index (χ0n) is 23.4. The highest BCUT2D eigenvalue weighted by molar-refractivity contribution is 5.95. The molecule has 4 unspecified atom stereocenters. The van der Waals surface area contributed by atoms with E-state index in [0.29, 0.717) is 0 Å². The molecule has 0 radical (unpaired) electrons. The SMILES string of the molecule is CC(C)C(NC(=O)C(CO)NC(=O)C(Cc1c[nH]c2ccccc12)NC(=O)C(N)Cc1c[nH]c2ccccc12)C(=O)O. The van der Waals surface area contributed by atoms with Gasteiger partial charge in [-0.05, 0) is 35.6 Å². The molecule has 0 bridgehead atoms. The Balaban J connectivity index is 1.52. The molecule has 3 amide bonds. The van der Waals surface area contributed by atoms with Crippen LogP contribution < -0.4 is 21.7 Å². The van der Waals surface area contributed by atoms with E-state index in [2.05, 4.69) is 25.9 Å². The molecule has 4 aromatic rings. The first-order chi connectivity index (χ1) is 20.1. The summed E-state index contributed by atoms with van der Waals surface area (Å²) in [5.41, 5.74) is 9.62. The number of carboxylic acid groups (broad SMARTS) is 1. The number of carbonyl (C=O) groups excluding carboxylic acids is 3. The normalized spacial score (nSPS) is 14.3. The number of amides is 3. The second kappa shape index (κ2) is 13.3. The molecule has 4 atom stereocenters. The first-order valence-electron chi connectivity index (χ1n) is 13.7. The van der Waals surface area contributed by atoms with E-state index in [9.17, 15) is 29.4 Å². The molecule has 12 heteroatoms. The number of fused-ring (bicyclic) bond motifs is 2. The lowest BCUT2D eigenvalue weighted by molar-refractivity contribution is -0.143. The number of benzene rings is 2. The van der Waals surface area contributed by atoms with E-state index in [0.717, 1.165) is 32.9 Å². The lowest BCUT2D eigenvalue weighted by Gasteiger charge is -2.25. The summed E-state index contributed by atoms with van der Waals surface area (Å²) in [4.78, 5) is 57.4. The standard InChI is InChI=1S/C30H36N6O6/c1-16(2)26(30(41)42)36-29(40)25(15-37)35-28(39)24(12-18-14-33-23-10-6-4-8-20(18)23)34-27(38)21(31)11-17-13-32-22-9-5-3-7-19(17)22/h3-10,13-14,16,21,24-26,32-33,37H,11-12,15,31H2,1-2H3,(H,34,38)(H,35,39)(H,36,40)(H,41,42). The van der Waals surface area contributed by atoms with Crippen molar-refractivity contribution in [2.24, 2.45) is 11.7 Å². The molecule has 12 nitrogen and oxygen atoms in total. The summed E-state index contributed by atoms with van der Waals surface area (Å²) in [5, 5.41) is 28.6. The Bertz CT molecular complexity index is 1580. The molecule has 0 aliphatic carbocycles. The molecule has 2 heterocycles. The number of aliphatic hydroxyl groups is 1. The van der Waals surface area contributed by atoms with Crippen molar-refractivity contribution in [2.45, 2.75) is 50.9 Å². The number of nitrogens with two attached hydrogens (primary N) is 1. The van der Waals surface area contributed by atoms with E-state index in [1.54, 1.807) is 26.2 Å². The fraction of sp³-hybridized carbons (Fsp3) is 0.333. The summed E-state index contributed by atoms with van der Waals surface area (Å²) in [6, 6.07) is 10.3. The molecule has 0 fully saturated rings. The quantitative estimate of drug-likeness (QED) is 0.116. The fourth-order valence-electron chi connectivity index (χ4n) is 4.87. The number of H-pyrrole nitrogens is 2. The van der Waals surface area contributed by atoms with Gasteiger partial charge in [0.2, 0.25) is 17.7 Å². The Morgan fingerprint density at radius 2 is 1.26 bits per heavy atom. The van der Waals surface area contributed by atoms with Gasteiger partial charge in [0.1, 0.15) is 18.1 Å². The number of hydrogen-bond acceptors (Lipinski definition) is 6. The van der Waals surface area contributed by atoms with Crippen molar-refractivity contribution in [1.82, 2.24) is 25.9 Å². The van der Waals surface area contributed by atoms with Gasteiger partial charge in [-0.1, -0.05) is 50.2 Å². The van der Waals surface area contributed by atoms with Crippen LogP contribution in [-0.2, 0) is 32.0 Å². The third kappa shape index (κ3) is 6.96. The number of nitrogens with one attached hydrogen (secondary N) is 5. The number of aliphatic carboxylic acids is 1. The molecular weight excluding hydrogens is 540 g/mol. The van der Waals surface area contributed by atoms with E-state index in [1.165, 1.54) is 0 Å². The number of hydrogen-bond donors (Lipinski definition) is 8. The molecule has 2 aromatic heterocycles. The number of aliphatic hydroxyl groups excluding tert-OH is 1. The topological polar surface area (TPSA) is 202 Å². The number of aromatic nitrogens is 2. The van der Waals surface area contributed by atoms with Crippen LogP contribution in [0.15, 0.2) is 60.9 Å². The van der Waals surface area contributed by atoms with Gasteiger partial charge >= 0.3 is 5.97 Å². The summed E-state index contributed by atoms with van der Waals surface area (Å²) in [7, 11) is 0. The van der Waals surface area contributed by atoms with Gasteiger partial charge in [0, 0.05) is 40.6 Å². The molecule has 0 aliphatic rings. The van der Waals surface area contributed by atoms with Gasteiger partial charge in [0.05, 0.1) is 12.6 Å². The summed E-state index contributed by atoms with van der Waals surface area (Å²) in [6.45, 7) is 2.46. The van der Waals surface area contributed by atoms with E-state index in [4.69, 9.17) is 5.73 Å². The highest BCUT2D eigenvalue weighted by Gasteiger charge is 2.31. The maximum absolute atomic E-state index is 13.5. The van der Waals surface area contributed by atoms with Crippen molar-refractivity contribution in [3.63, 3.8) is 0 Å². The summed E-state index contributed by atoms with van der Waals surface area (Å²) < 4.78 is 0. The first kappa shape index (κ1) is 30.3. The van der Waals surface area contributed by atoms with Crippen LogP contribution in [0.25, 0.3) is 21.8 Å². The van der Waals surface area contributed by atoms with Gasteiger partial charge in [-0.15, -0.1) is 0 Å². The van der Waals surface area contributed by atoms with Crippen LogP contribution in [0.3, 0.4) is 0 Å². The molecule has 0 saturated heterocycles. The number of para-hydroxylation sites is 2. The predicted octanol–water partition coefficient (Wildman–Crippen LogP) is 0.949. The average molecular weight is 577 g/mol. The molecule has 42 heavy (non-hydrogen) atoms. The lowest BCUT2D eigenvalue weighted by atomic mass is 10.0. The zero-order chi connectivity index (χ0) is 30.4. The zero-order valence-corrected chi connectivity index (χ0v) is 23.4. The van der Waals surface area contributed by atoms with E-state index in [1.807, 2.05) is 48.5 Å². The van der Waals surface area contributed by atoms with Crippen molar-refractivity contribution in [2.75, 3.05) is 6.61 Å². The Morgan fingerprint density at radius 3 is 1.79 bits per heavy atom. The summed E-state index contributed by atoms with van der Waals surface area (Å²) in [5.74, 6) is -3.85. The predicted molar refractivity (Wildman–Crippen MR) is 157 cm³/mol. The highest BCUT2D eigenvalue weighted by atomic mass is 16.4. The Morgan fingerprint density at radius 1 is 0.762 bits per heavy atom. The van der Waals surface area contributed by atoms with E-state index < -0.39 is 60.4 Å². The number of carbonyl (C=O) groups is 4. The van der Waals surface area contributed by atoms with Crippen LogP contribution in [0.4, 0.5) is 0 Å². The minimum absolute atomic E-state index is 0.0604. The Hall–Kier alpha value is -4.68. The van der Waals surface area contributed by atoms with Gasteiger partial charge in [-0.25, -0.2) is 4.79 Å². The van der Waals surface area contributed by atoms with Crippen molar-refractivity contribution in [1.29, 1.82) is 0 Å². The van der Waals surface area contributed by atoms with Gasteiger partial charge in [0.25, 0.3) is 0 Å².